The van der Waals surface area contributed by atoms with E-state index in [0.29, 0.717) is 6.54 Å². The average Bonchev–Trinajstić information content (AvgIpc) is 3.27. The van der Waals surface area contributed by atoms with Crippen LogP contribution in [0.2, 0.25) is 0 Å². The van der Waals surface area contributed by atoms with Gasteiger partial charge in [-0.2, -0.15) is 5.10 Å². The first kappa shape index (κ1) is 19.4. The van der Waals surface area contributed by atoms with Gasteiger partial charge in [-0.25, -0.2) is 9.67 Å². The van der Waals surface area contributed by atoms with Crippen molar-refractivity contribution >= 4 is 11.6 Å². The molecule has 7 nitrogen and oxygen atoms in total. The van der Waals surface area contributed by atoms with Gasteiger partial charge >= 0.3 is 0 Å². The number of nitrogens with one attached hydrogen (secondary N) is 2. The molecule has 1 aromatic carbocycles. The lowest BCUT2D eigenvalue weighted by molar-refractivity contribution is -0.122. The van der Waals surface area contributed by atoms with Crippen molar-refractivity contribution in [1.29, 1.82) is 0 Å². The number of H-pyrrole nitrogens is 1. The zero-order valence-electron chi connectivity index (χ0n) is 17.3. The van der Waals surface area contributed by atoms with Gasteiger partial charge in [0.2, 0.25) is 5.91 Å². The van der Waals surface area contributed by atoms with Crippen molar-refractivity contribution < 1.29 is 4.79 Å². The monoisotopic (exact) mass is 392 g/mol. The molecule has 1 saturated heterocycles. The Labute approximate surface area is 171 Å². The van der Waals surface area contributed by atoms with Crippen molar-refractivity contribution in [2.24, 2.45) is 0 Å². The third-order valence-corrected chi connectivity index (χ3v) is 5.59. The van der Waals surface area contributed by atoms with Crippen LogP contribution >= 0.6 is 0 Å². The number of aromatic nitrogens is 4. The van der Waals surface area contributed by atoms with E-state index in [9.17, 15) is 4.79 Å². The van der Waals surface area contributed by atoms with Gasteiger partial charge in [-0.15, -0.1) is 0 Å². The highest BCUT2D eigenvalue weighted by molar-refractivity contribution is 5.95. The molecular weight excluding hydrogens is 364 g/mol. The van der Waals surface area contributed by atoms with Crippen molar-refractivity contribution in [1.82, 2.24) is 24.6 Å². The molecule has 152 valence electrons. The minimum atomic E-state index is -0.129. The summed E-state index contributed by atoms with van der Waals surface area (Å²) in [6, 6.07) is 9.77. The van der Waals surface area contributed by atoms with Crippen molar-refractivity contribution in [3.05, 3.63) is 59.4 Å². The molecule has 1 aliphatic heterocycles. The van der Waals surface area contributed by atoms with E-state index in [1.165, 1.54) is 0 Å². The molecule has 0 saturated carbocycles. The molecular formula is C22H28N6O. The third-order valence-electron chi connectivity index (χ3n) is 5.59. The summed E-state index contributed by atoms with van der Waals surface area (Å²) in [5.74, 6) is 0.0525. The molecule has 1 atom stereocenters. The molecule has 1 fully saturated rings. The first-order chi connectivity index (χ1) is 14.0. The van der Waals surface area contributed by atoms with Gasteiger partial charge in [-0.3, -0.25) is 9.69 Å². The van der Waals surface area contributed by atoms with Gasteiger partial charge < -0.3 is 10.3 Å². The normalized spacial score (nSPS) is 17.4. The molecule has 0 unspecified atom stereocenters. The van der Waals surface area contributed by atoms with Crippen LogP contribution in [0.15, 0.2) is 36.7 Å². The number of rotatable bonds is 5. The fraction of sp³-hybridized carbons (Fsp3) is 0.409. The summed E-state index contributed by atoms with van der Waals surface area (Å²) in [5, 5.41) is 7.61. The number of aryl methyl sites for hydroxylation is 3. The summed E-state index contributed by atoms with van der Waals surface area (Å²) in [4.78, 5) is 22.8. The van der Waals surface area contributed by atoms with Crippen molar-refractivity contribution in [2.45, 2.75) is 52.6 Å². The maximum atomic E-state index is 13.0. The lowest BCUT2D eigenvalue weighted by Gasteiger charge is -2.34. The Hall–Kier alpha value is -2.93. The Balaban J connectivity index is 1.44. The highest BCUT2D eigenvalue weighted by Crippen LogP contribution is 2.22. The number of anilines is 1. The smallest absolute Gasteiger partial charge is 0.241 e. The maximum Gasteiger partial charge on any atom is 0.241 e. The molecule has 1 aliphatic rings. The molecule has 2 N–H and O–H groups in total. The highest BCUT2D eigenvalue weighted by atomic mass is 16.2. The Bertz CT molecular complexity index is 987. The van der Waals surface area contributed by atoms with Gasteiger partial charge in [0.25, 0.3) is 0 Å². The van der Waals surface area contributed by atoms with Crippen LogP contribution in [0.5, 0.6) is 0 Å². The van der Waals surface area contributed by atoms with Crippen molar-refractivity contribution in [2.75, 3.05) is 11.9 Å². The minimum Gasteiger partial charge on any atom is -0.348 e. The topological polar surface area (TPSA) is 78.8 Å². The number of likely N-dealkylation sites (tertiary alicyclic amines) is 1. The number of imidazole rings is 1. The lowest BCUT2D eigenvalue weighted by atomic mass is 10.0. The molecule has 29 heavy (non-hydrogen) atoms. The number of hydrogen-bond acceptors (Lipinski definition) is 4. The molecule has 4 rings (SSSR count). The van der Waals surface area contributed by atoms with E-state index < -0.39 is 0 Å². The minimum absolute atomic E-state index is 0.0525. The summed E-state index contributed by atoms with van der Waals surface area (Å²) >= 11 is 0. The summed E-state index contributed by atoms with van der Waals surface area (Å²) in [5.41, 5.74) is 5.95. The number of nitrogens with zero attached hydrogens (tertiary/aromatic N) is 4. The van der Waals surface area contributed by atoms with E-state index in [1.54, 1.807) is 6.33 Å². The van der Waals surface area contributed by atoms with Crippen LogP contribution in [0, 0.1) is 20.8 Å². The summed E-state index contributed by atoms with van der Waals surface area (Å²) in [7, 11) is 0. The Morgan fingerprint density at radius 1 is 1.21 bits per heavy atom. The third kappa shape index (κ3) is 4.24. The molecule has 3 aromatic rings. The van der Waals surface area contributed by atoms with Crippen LogP contribution in [0.3, 0.4) is 0 Å². The van der Waals surface area contributed by atoms with Gasteiger partial charge in [0.1, 0.15) is 0 Å². The van der Waals surface area contributed by atoms with E-state index >= 15 is 0 Å². The quantitative estimate of drug-likeness (QED) is 0.696. The van der Waals surface area contributed by atoms with E-state index in [1.807, 2.05) is 49.7 Å². The second-order valence-corrected chi connectivity index (χ2v) is 7.83. The Morgan fingerprint density at radius 3 is 2.66 bits per heavy atom. The second-order valence-electron chi connectivity index (χ2n) is 7.83. The Kier molecular flexibility index (Phi) is 5.49. The van der Waals surface area contributed by atoms with Crippen molar-refractivity contribution in [3.63, 3.8) is 0 Å². The zero-order valence-corrected chi connectivity index (χ0v) is 17.3. The molecule has 0 aliphatic carbocycles. The van der Waals surface area contributed by atoms with E-state index in [0.717, 1.165) is 60.0 Å². The second kappa shape index (κ2) is 8.21. The predicted molar refractivity (Wildman–Crippen MR) is 113 cm³/mol. The molecule has 7 heteroatoms. The average molecular weight is 393 g/mol. The SMILES string of the molecule is Cc1cc(C)n(-c2ccc(NC(=O)[C@H]3CCCCN3Cc3nc[nH]c3C)cc2)n1. The predicted octanol–water partition coefficient (Wildman–Crippen LogP) is 3.51. The molecule has 0 bridgehead atoms. The summed E-state index contributed by atoms with van der Waals surface area (Å²) < 4.78 is 1.91. The van der Waals surface area contributed by atoms with E-state index in [-0.39, 0.29) is 11.9 Å². The number of amides is 1. The molecule has 2 aromatic heterocycles. The number of aromatic amines is 1. The van der Waals surface area contributed by atoms with Crippen molar-refractivity contribution in [3.8, 4) is 5.69 Å². The van der Waals surface area contributed by atoms with Gasteiger partial charge in [0.05, 0.1) is 29.4 Å². The molecule has 0 radical (unpaired) electrons. The lowest BCUT2D eigenvalue weighted by Crippen LogP contribution is -2.46. The standard InChI is InChI=1S/C22H28N6O/c1-15-12-16(2)28(26-15)19-9-7-18(8-10-19)25-22(29)21-6-4-5-11-27(21)13-20-17(3)23-14-24-20/h7-10,12,14,21H,4-6,11,13H2,1-3H3,(H,23,24)(H,25,29)/t21-/m1/s1. The van der Waals surface area contributed by atoms with E-state index in [2.05, 4.69) is 31.3 Å². The van der Waals surface area contributed by atoms with Crippen LogP contribution in [-0.2, 0) is 11.3 Å². The van der Waals surface area contributed by atoms with Gasteiger partial charge in [0.15, 0.2) is 0 Å². The number of hydrogen-bond donors (Lipinski definition) is 2. The number of carbonyl (C=O) groups excluding carboxylic acids is 1. The Morgan fingerprint density at radius 2 is 2.00 bits per heavy atom. The first-order valence-corrected chi connectivity index (χ1v) is 10.2. The molecule has 1 amide bonds. The fourth-order valence-corrected chi connectivity index (χ4v) is 4.02. The van der Waals surface area contributed by atoms with Crippen LogP contribution in [0.1, 0.15) is 42.0 Å². The van der Waals surface area contributed by atoms with Crippen LogP contribution in [-0.4, -0.2) is 43.1 Å². The van der Waals surface area contributed by atoms with Crippen LogP contribution < -0.4 is 5.32 Å². The van der Waals surface area contributed by atoms with Gasteiger partial charge in [0, 0.05) is 23.6 Å². The van der Waals surface area contributed by atoms with Crippen LogP contribution in [0.4, 0.5) is 5.69 Å². The number of carbonyl (C=O) groups is 1. The van der Waals surface area contributed by atoms with Crippen LogP contribution in [0.25, 0.3) is 5.69 Å². The summed E-state index contributed by atoms with van der Waals surface area (Å²) in [6.07, 6.45) is 4.78. The number of piperidine rings is 1. The fourth-order valence-electron chi connectivity index (χ4n) is 4.02. The molecule has 0 spiro atoms. The number of benzene rings is 1. The highest BCUT2D eigenvalue weighted by Gasteiger charge is 2.29. The summed E-state index contributed by atoms with van der Waals surface area (Å²) in [6.45, 7) is 7.66. The molecule has 3 heterocycles. The van der Waals surface area contributed by atoms with E-state index in [4.69, 9.17) is 0 Å². The first-order valence-electron chi connectivity index (χ1n) is 10.2. The zero-order chi connectivity index (χ0) is 20.4. The largest absolute Gasteiger partial charge is 0.348 e. The van der Waals surface area contributed by atoms with Gasteiger partial charge in [-0.1, -0.05) is 6.42 Å². The van der Waals surface area contributed by atoms with Gasteiger partial charge in [-0.05, 0) is 70.5 Å². The maximum absolute atomic E-state index is 13.0.